The molecule has 3 heteroatoms. The molecule has 1 rings (SSSR count). The summed E-state index contributed by atoms with van der Waals surface area (Å²) in [6.45, 7) is 9.06. The topological polar surface area (TPSA) is 41.1 Å². The Bertz CT molecular complexity index is 253. The maximum Gasteiger partial charge on any atom is 0.234 e. The monoisotopic (exact) mass is 254 g/mol. The van der Waals surface area contributed by atoms with Crippen molar-refractivity contribution in [2.75, 3.05) is 6.54 Å². The van der Waals surface area contributed by atoms with Gasteiger partial charge in [0.1, 0.15) is 0 Å². The summed E-state index contributed by atoms with van der Waals surface area (Å²) in [5.41, 5.74) is 0. The molecule has 1 saturated carbocycles. The Morgan fingerprint density at radius 2 is 2.00 bits per heavy atom. The molecule has 0 spiro atoms. The molecule has 0 heterocycles. The first-order valence-corrected chi connectivity index (χ1v) is 7.55. The van der Waals surface area contributed by atoms with Crippen LogP contribution in [0.2, 0.25) is 0 Å². The predicted molar refractivity (Wildman–Crippen MR) is 76.5 cm³/mol. The van der Waals surface area contributed by atoms with Crippen molar-refractivity contribution in [2.45, 2.75) is 71.9 Å². The largest absolute Gasteiger partial charge is 0.352 e. The van der Waals surface area contributed by atoms with Gasteiger partial charge in [-0.15, -0.1) is 0 Å². The third kappa shape index (κ3) is 5.38. The van der Waals surface area contributed by atoms with Crippen LogP contribution < -0.4 is 10.6 Å². The molecule has 3 atom stereocenters. The highest BCUT2D eigenvalue weighted by Gasteiger charge is 2.21. The fraction of sp³-hybridized carbons (Fsp3) is 0.933. The predicted octanol–water partition coefficient (Wildman–Crippen LogP) is 2.71. The Morgan fingerprint density at radius 1 is 1.28 bits per heavy atom. The van der Waals surface area contributed by atoms with E-state index < -0.39 is 0 Å². The summed E-state index contributed by atoms with van der Waals surface area (Å²) in [6.07, 6.45) is 6.41. The summed E-state index contributed by atoms with van der Waals surface area (Å²) in [7, 11) is 0. The lowest BCUT2D eigenvalue weighted by atomic mass is 9.84. The highest BCUT2D eigenvalue weighted by atomic mass is 16.1. The van der Waals surface area contributed by atoms with Crippen molar-refractivity contribution in [1.29, 1.82) is 0 Å². The first-order chi connectivity index (χ1) is 8.52. The Hall–Kier alpha value is -0.570. The van der Waals surface area contributed by atoms with Gasteiger partial charge in [0.2, 0.25) is 5.91 Å². The van der Waals surface area contributed by atoms with Crippen LogP contribution in [0.15, 0.2) is 0 Å². The van der Waals surface area contributed by atoms with Crippen molar-refractivity contribution in [3.8, 4) is 0 Å². The second kappa shape index (κ2) is 7.78. The second-order valence-corrected chi connectivity index (χ2v) is 6.12. The molecule has 0 radical (unpaired) electrons. The van der Waals surface area contributed by atoms with Gasteiger partial charge in [-0.25, -0.2) is 0 Å². The average Bonchev–Trinajstić information content (AvgIpc) is 2.36. The molecule has 3 unspecified atom stereocenters. The number of carbonyl (C=O) groups is 1. The Morgan fingerprint density at radius 3 is 2.61 bits per heavy atom. The Kier molecular flexibility index (Phi) is 6.69. The summed E-state index contributed by atoms with van der Waals surface area (Å²) in [5.74, 6) is 1.48. The standard InChI is InChI=1S/C15H30N2O/c1-5-13-7-6-8-14(9-13)16-10-15(18)17-12(4)11(2)3/h11-14,16H,5-10H2,1-4H3,(H,17,18). The molecule has 1 fully saturated rings. The van der Waals surface area contributed by atoms with Gasteiger partial charge in [-0.05, 0) is 31.6 Å². The van der Waals surface area contributed by atoms with Crippen LogP contribution in [-0.2, 0) is 4.79 Å². The molecule has 106 valence electrons. The molecule has 3 nitrogen and oxygen atoms in total. The van der Waals surface area contributed by atoms with Crippen molar-refractivity contribution in [1.82, 2.24) is 10.6 Å². The summed E-state index contributed by atoms with van der Waals surface area (Å²) in [5, 5.41) is 6.46. The lowest BCUT2D eigenvalue weighted by Crippen LogP contribution is -2.44. The smallest absolute Gasteiger partial charge is 0.234 e. The van der Waals surface area contributed by atoms with Crippen LogP contribution in [-0.4, -0.2) is 24.5 Å². The summed E-state index contributed by atoms with van der Waals surface area (Å²) in [6, 6.07) is 0.804. The van der Waals surface area contributed by atoms with Crippen molar-refractivity contribution < 1.29 is 4.79 Å². The van der Waals surface area contributed by atoms with Crippen LogP contribution in [0.25, 0.3) is 0 Å². The SMILES string of the molecule is CCC1CCCC(NCC(=O)NC(C)C(C)C)C1. The zero-order valence-corrected chi connectivity index (χ0v) is 12.5. The molecule has 1 amide bonds. The molecule has 0 bridgehead atoms. The number of carbonyl (C=O) groups excluding carboxylic acids is 1. The number of hydrogen-bond acceptors (Lipinski definition) is 2. The molecule has 18 heavy (non-hydrogen) atoms. The van der Waals surface area contributed by atoms with Gasteiger partial charge in [0.05, 0.1) is 6.54 Å². The van der Waals surface area contributed by atoms with Gasteiger partial charge in [-0.2, -0.15) is 0 Å². The first kappa shape index (κ1) is 15.5. The van der Waals surface area contributed by atoms with Crippen molar-refractivity contribution >= 4 is 5.91 Å². The van der Waals surface area contributed by atoms with E-state index in [0.717, 1.165) is 5.92 Å². The second-order valence-electron chi connectivity index (χ2n) is 6.12. The van der Waals surface area contributed by atoms with Crippen LogP contribution in [0.5, 0.6) is 0 Å². The van der Waals surface area contributed by atoms with Gasteiger partial charge >= 0.3 is 0 Å². The lowest BCUT2D eigenvalue weighted by molar-refractivity contribution is -0.121. The van der Waals surface area contributed by atoms with Gasteiger partial charge in [-0.1, -0.05) is 40.0 Å². The molecule has 0 saturated heterocycles. The highest BCUT2D eigenvalue weighted by molar-refractivity contribution is 5.78. The van der Waals surface area contributed by atoms with Gasteiger partial charge in [0, 0.05) is 12.1 Å². The van der Waals surface area contributed by atoms with Gasteiger partial charge in [0.25, 0.3) is 0 Å². The fourth-order valence-corrected chi connectivity index (χ4v) is 2.56. The minimum Gasteiger partial charge on any atom is -0.352 e. The summed E-state index contributed by atoms with van der Waals surface area (Å²) < 4.78 is 0. The van der Waals surface area contributed by atoms with Crippen LogP contribution in [0.1, 0.15) is 59.8 Å². The van der Waals surface area contributed by atoms with E-state index in [9.17, 15) is 4.79 Å². The number of nitrogens with one attached hydrogen (secondary N) is 2. The van der Waals surface area contributed by atoms with Crippen molar-refractivity contribution in [2.24, 2.45) is 11.8 Å². The van der Waals surface area contributed by atoms with E-state index in [4.69, 9.17) is 0 Å². The third-order valence-corrected chi connectivity index (χ3v) is 4.30. The van der Waals surface area contributed by atoms with Crippen molar-refractivity contribution in [3.05, 3.63) is 0 Å². The number of amides is 1. The highest BCUT2D eigenvalue weighted by Crippen LogP contribution is 2.26. The molecule has 0 aromatic carbocycles. The van der Waals surface area contributed by atoms with E-state index in [1.54, 1.807) is 0 Å². The molecule has 0 aliphatic heterocycles. The quantitative estimate of drug-likeness (QED) is 0.765. The molecule has 0 aromatic rings. The van der Waals surface area contributed by atoms with Crippen LogP contribution in [0, 0.1) is 11.8 Å². The van der Waals surface area contributed by atoms with Gasteiger partial charge in [0.15, 0.2) is 0 Å². The maximum atomic E-state index is 11.8. The van der Waals surface area contributed by atoms with E-state index >= 15 is 0 Å². The van der Waals surface area contributed by atoms with E-state index in [1.807, 2.05) is 0 Å². The third-order valence-electron chi connectivity index (χ3n) is 4.30. The minimum absolute atomic E-state index is 0.134. The van der Waals surface area contributed by atoms with Gasteiger partial charge < -0.3 is 10.6 Å². The first-order valence-electron chi connectivity index (χ1n) is 7.55. The molecule has 1 aliphatic carbocycles. The van der Waals surface area contributed by atoms with Crippen LogP contribution >= 0.6 is 0 Å². The minimum atomic E-state index is 0.134. The molecule has 1 aliphatic rings. The summed E-state index contributed by atoms with van der Waals surface area (Å²) in [4.78, 5) is 11.8. The molecular weight excluding hydrogens is 224 g/mol. The molecular formula is C15H30N2O. The average molecular weight is 254 g/mol. The lowest BCUT2D eigenvalue weighted by Gasteiger charge is -2.29. The Balaban J connectivity index is 2.21. The van der Waals surface area contributed by atoms with Crippen LogP contribution in [0.3, 0.4) is 0 Å². The summed E-state index contributed by atoms with van der Waals surface area (Å²) >= 11 is 0. The van der Waals surface area contributed by atoms with Gasteiger partial charge in [-0.3, -0.25) is 4.79 Å². The van der Waals surface area contributed by atoms with E-state index in [1.165, 1.54) is 32.1 Å². The van der Waals surface area contributed by atoms with Crippen molar-refractivity contribution in [3.63, 3.8) is 0 Å². The van der Waals surface area contributed by atoms with E-state index in [-0.39, 0.29) is 11.9 Å². The zero-order chi connectivity index (χ0) is 13.5. The number of hydrogen-bond donors (Lipinski definition) is 2. The zero-order valence-electron chi connectivity index (χ0n) is 12.5. The van der Waals surface area contributed by atoms with E-state index in [2.05, 4.69) is 38.3 Å². The fourth-order valence-electron chi connectivity index (χ4n) is 2.56. The Labute approximate surface area is 112 Å². The van der Waals surface area contributed by atoms with Crippen LogP contribution in [0.4, 0.5) is 0 Å². The number of rotatable bonds is 6. The molecule has 2 N–H and O–H groups in total. The van der Waals surface area contributed by atoms with E-state index in [0.29, 0.717) is 18.5 Å². The molecule has 0 aromatic heterocycles. The normalized spacial score (nSPS) is 26.1. The maximum absolute atomic E-state index is 11.8.